The number of hydrogen-bond acceptors (Lipinski definition) is 5. The monoisotopic (exact) mass is 345 g/mol. The average molecular weight is 345 g/mol. The van der Waals surface area contributed by atoms with Crippen LogP contribution < -0.4 is 11.1 Å². The summed E-state index contributed by atoms with van der Waals surface area (Å²) in [5, 5.41) is 5.00. The fourth-order valence-electron chi connectivity index (χ4n) is 2.68. The van der Waals surface area contributed by atoms with Gasteiger partial charge < -0.3 is 15.8 Å². The van der Waals surface area contributed by atoms with Crippen molar-refractivity contribution in [1.82, 2.24) is 4.90 Å². The highest BCUT2D eigenvalue weighted by molar-refractivity contribution is 7.14. The van der Waals surface area contributed by atoms with Crippen molar-refractivity contribution in [2.75, 3.05) is 31.6 Å². The van der Waals surface area contributed by atoms with Crippen LogP contribution in [0.2, 0.25) is 0 Å². The molecular weight excluding hydrogens is 326 g/mol. The lowest BCUT2D eigenvalue weighted by molar-refractivity contribution is -0.119. The van der Waals surface area contributed by atoms with Crippen LogP contribution in [0.5, 0.6) is 0 Å². The first kappa shape index (κ1) is 16.6. The summed E-state index contributed by atoms with van der Waals surface area (Å²) in [5.74, 6) is -0.698. The Kier molecular flexibility index (Phi) is 5.24. The van der Waals surface area contributed by atoms with Gasteiger partial charge in [-0.1, -0.05) is 30.3 Å². The molecule has 1 aliphatic heterocycles. The third-order valence-corrected chi connectivity index (χ3v) is 4.70. The van der Waals surface area contributed by atoms with Crippen LogP contribution in [0.3, 0.4) is 0 Å². The zero-order chi connectivity index (χ0) is 16.9. The molecule has 2 amide bonds. The highest BCUT2D eigenvalue weighted by Gasteiger charge is 2.23. The molecule has 2 heterocycles. The second-order valence-corrected chi connectivity index (χ2v) is 6.50. The van der Waals surface area contributed by atoms with Gasteiger partial charge in [-0.15, -0.1) is 11.3 Å². The number of amides is 2. The molecule has 0 spiro atoms. The number of nitrogens with two attached hydrogens (primary N) is 1. The summed E-state index contributed by atoms with van der Waals surface area (Å²) in [5.41, 5.74) is 6.74. The Balaban J connectivity index is 1.58. The van der Waals surface area contributed by atoms with Crippen molar-refractivity contribution in [3.8, 4) is 0 Å². The van der Waals surface area contributed by atoms with Gasteiger partial charge in [0.2, 0.25) is 5.91 Å². The zero-order valence-electron chi connectivity index (χ0n) is 13.1. The molecule has 126 valence electrons. The van der Waals surface area contributed by atoms with E-state index in [2.05, 4.69) is 5.32 Å². The Labute approximate surface area is 144 Å². The minimum Gasteiger partial charge on any atom is -0.371 e. The van der Waals surface area contributed by atoms with E-state index >= 15 is 0 Å². The van der Waals surface area contributed by atoms with Gasteiger partial charge in [0.25, 0.3) is 5.91 Å². The van der Waals surface area contributed by atoms with E-state index in [1.54, 1.807) is 11.4 Å². The van der Waals surface area contributed by atoms with Crippen LogP contribution in [-0.2, 0) is 9.53 Å². The number of nitrogens with zero attached hydrogens (tertiary/aromatic N) is 1. The number of carbonyl (C=O) groups is 2. The van der Waals surface area contributed by atoms with Crippen LogP contribution in [0.15, 0.2) is 41.8 Å². The number of primary amides is 1. The molecule has 3 N–H and O–H groups in total. The van der Waals surface area contributed by atoms with E-state index in [-0.39, 0.29) is 18.6 Å². The van der Waals surface area contributed by atoms with Gasteiger partial charge in [-0.25, -0.2) is 0 Å². The Morgan fingerprint density at radius 3 is 2.83 bits per heavy atom. The molecule has 1 fully saturated rings. The molecule has 0 saturated carbocycles. The number of thiophene rings is 1. The van der Waals surface area contributed by atoms with Gasteiger partial charge in [-0.3, -0.25) is 14.5 Å². The average Bonchev–Trinajstić information content (AvgIpc) is 3.04. The van der Waals surface area contributed by atoms with Gasteiger partial charge in [-0.2, -0.15) is 0 Å². The maximum Gasteiger partial charge on any atom is 0.251 e. The molecule has 6 nitrogen and oxygen atoms in total. The number of carbonyl (C=O) groups excluding carboxylic acids is 2. The van der Waals surface area contributed by atoms with E-state index in [0.29, 0.717) is 30.3 Å². The SMILES string of the molecule is NC(=O)c1ccsc1NC(=O)CN1CCO[C@H](c2ccccc2)C1. The van der Waals surface area contributed by atoms with Crippen molar-refractivity contribution in [2.24, 2.45) is 5.73 Å². The second-order valence-electron chi connectivity index (χ2n) is 5.58. The molecule has 0 radical (unpaired) electrons. The number of nitrogens with one attached hydrogen (secondary N) is 1. The van der Waals surface area contributed by atoms with Crippen molar-refractivity contribution in [1.29, 1.82) is 0 Å². The minimum absolute atomic E-state index is 0.0318. The van der Waals surface area contributed by atoms with Crippen molar-refractivity contribution in [2.45, 2.75) is 6.10 Å². The van der Waals surface area contributed by atoms with Crippen molar-refractivity contribution in [3.63, 3.8) is 0 Å². The fourth-order valence-corrected chi connectivity index (χ4v) is 3.49. The van der Waals surface area contributed by atoms with Crippen LogP contribution in [0.4, 0.5) is 5.00 Å². The number of ether oxygens (including phenoxy) is 1. The molecule has 1 saturated heterocycles. The quantitative estimate of drug-likeness (QED) is 0.866. The summed E-state index contributed by atoms with van der Waals surface area (Å²) >= 11 is 1.29. The number of rotatable bonds is 5. The molecule has 1 aromatic carbocycles. The highest BCUT2D eigenvalue weighted by atomic mass is 32.1. The van der Waals surface area contributed by atoms with Crippen LogP contribution in [0.1, 0.15) is 22.0 Å². The van der Waals surface area contributed by atoms with Crippen LogP contribution in [-0.4, -0.2) is 43.0 Å². The lowest BCUT2D eigenvalue weighted by Gasteiger charge is -2.32. The Morgan fingerprint density at radius 2 is 2.08 bits per heavy atom. The Morgan fingerprint density at radius 1 is 1.29 bits per heavy atom. The predicted molar refractivity (Wildman–Crippen MR) is 93.0 cm³/mol. The van der Waals surface area contributed by atoms with E-state index < -0.39 is 5.91 Å². The summed E-state index contributed by atoms with van der Waals surface area (Å²) in [7, 11) is 0. The number of anilines is 1. The molecule has 0 bridgehead atoms. The lowest BCUT2D eigenvalue weighted by Crippen LogP contribution is -2.42. The third-order valence-electron chi connectivity index (χ3n) is 3.87. The first-order valence-corrected chi connectivity index (χ1v) is 8.57. The minimum atomic E-state index is -0.540. The van der Waals surface area contributed by atoms with Crippen molar-refractivity contribution in [3.05, 3.63) is 52.9 Å². The predicted octanol–water partition coefficient (Wildman–Crippen LogP) is 1.86. The lowest BCUT2D eigenvalue weighted by atomic mass is 10.1. The first-order chi connectivity index (χ1) is 11.6. The Hall–Kier alpha value is -2.22. The molecule has 3 rings (SSSR count). The zero-order valence-corrected chi connectivity index (χ0v) is 13.9. The normalized spacial score (nSPS) is 18.2. The van der Waals surface area contributed by atoms with E-state index in [9.17, 15) is 9.59 Å². The van der Waals surface area contributed by atoms with Crippen LogP contribution in [0, 0.1) is 0 Å². The third kappa shape index (κ3) is 4.00. The van der Waals surface area contributed by atoms with Crippen molar-refractivity contribution >= 4 is 28.2 Å². The smallest absolute Gasteiger partial charge is 0.251 e. The Bertz CT molecular complexity index is 717. The fraction of sp³-hybridized carbons (Fsp3) is 0.294. The molecule has 1 aromatic heterocycles. The van der Waals surface area contributed by atoms with E-state index in [1.165, 1.54) is 11.3 Å². The van der Waals surface area contributed by atoms with E-state index in [0.717, 1.165) is 5.56 Å². The second kappa shape index (κ2) is 7.57. The first-order valence-electron chi connectivity index (χ1n) is 7.69. The highest BCUT2D eigenvalue weighted by Crippen LogP contribution is 2.24. The molecule has 0 unspecified atom stereocenters. The summed E-state index contributed by atoms with van der Waals surface area (Å²) in [6, 6.07) is 11.6. The molecule has 2 aromatic rings. The van der Waals surface area contributed by atoms with E-state index in [1.807, 2.05) is 35.2 Å². The molecule has 0 aliphatic carbocycles. The molecule has 24 heavy (non-hydrogen) atoms. The van der Waals surface area contributed by atoms with Gasteiger partial charge >= 0.3 is 0 Å². The summed E-state index contributed by atoms with van der Waals surface area (Å²) < 4.78 is 5.80. The summed E-state index contributed by atoms with van der Waals surface area (Å²) in [4.78, 5) is 25.6. The topological polar surface area (TPSA) is 84.7 Å². The molecule has 1 aliphatic rings. The number of benzene rings is 1. The number of hydrogen-bond donors (Lipinski definition) is 2. The summed E-state index contributed by atoms with van der Waals surface area (Å²) in [6.45, 7) is 2.19. The largest absolute Gasteiger partial charge is 0.371 e. The van der Waals surface area contributed by atoms with Crippen LogP contribution in [0.25, 0.3) is 0 Å². The van der Waals surface area contributed by atoms with Gasteiger partial charge in [-0.05, 0) is 17.0 Å². The number of morpholine rings is 1. The maximum absolute atomic E-state index is 12.3. The van der Waals surface area contributed by atoms with Gasteiger partial charge in [0.15, 0.2) is 0 Å². The van der Waals surface area contributed by atoms with E-state index in [4.69, 9.17) is 10.5 Å². The maximum atomic E-state index is 12.3. The van der Waals surface area contributed by atoms with Crippen molar-refractivity contribution < 1.29 is 14.3 Å². The standard InChI is InChI=1S/C17H19N3O3S/c18-16(22)13-6-9-24-17(13)19-15(21)11-20-7-8-23-14(10-20)12-4-2-1-3-5-12/h1-6,9,14H,7-8,10-11H2,(H2,18,22)(H,19,21)/t14-/m0/s1. The molecule has 1 atom stereocenters. The van der Waals surface area contributed by atoms with Gasteiger partial charge in [0, 0.05) is 13.1 Å². The summed E-state index contributed by atoms with van der Waals surface area (Å²) in [6.07, 6.45) is -0.0318. The van der Waals surface area contributed by atoms with Gasteiger partial charge in [0.1, 0.15) is 5.00 Å². The molecule has 7 heteroatoms. The van der Waals surface area contributed by atoms with Gasteiger partial charge in [0.05, 0.1) is 24.8 Å². The molecular formula is C17H19N3O3S. The van der Waals surface area contributed by atoms with Crippen LogP contribution >= 0.6 is 11.3 Å².